The summed E-state index contributed by atoms with van der Waals surface area (Å²) in [5.41, 5.74) is 3.29. The maximum Gasteiger partial charge on any atom is 0.411 e. The molecule has 5 nitrogen and oxygen atoms in total. The number of nitrogens with zero attached hydrogens (tertiary/aromatic N) is 3. The fraction of sp³-hybridized carbons (Fsp3) is 0.533. The van der Waals surface area contributed by atoms with Gasteiger partial charge in [-0.3, -0.25) is 9.80 Å². The predicted octanol–water partition coefficient (Wildman–Crippen LogP) is 2.17. The Morgan fingerprint density at radius 2 is 2.15 bits per heavy atom. The Morgan fingerprint density at radius 3 is 2.80 bits per heavy atom. The maximum atomic E-state index is 11.1. The lowest BCUT2D eigenvalue weighted by molar-refractivity contribution is 0.203. The molecule has 2 unspecified atom stereocenters. The predicted molar refractivity (Wildman–Crippen MR) is 79.7 cm³/mol. The maximum absolute atomic E-state index is 11.1. The quantitative estimate of drug-likeness (QED) is 0.853. The van der Waals surface area contributed by atoms with Crippen LogP contribution in [0.4, 0.5) is 16.2 Å². The van der Waals surface area contributed by atoms with Crippen molar-refractivity contribution in [2.75, 3.05) is 37.5 Å². The molecule has 2 atom stereocenters. The van der Waals surface area contributed by atoms with Crippen LogP contribution in [0.1, 0.15) is 18.9 Å². The Labute approximate surface area is 119 Å². The molecule has 0 bridgehead atoms. The summed E-state index contributed by atoms with van der Waals surface area (Å²) in [6, 6.07) is 5.97. The summed E-state index contributed by atoms with van der Waals surface area (Å²) in [7, 11) is 5.86. The Hall–Kier alpha value is -1.75. The first-order valence-corrected chi connectivity index (χ1v) is 6.90. The van der Waals surface area contributed by atoms with Crippen LogP contribution in [0.25, 0.3) is 0 Å². The van der Waals surface area contributed by atoms with Crippen LogP contribution >= 0.6 is 0 Å². The number of amides is 1. The van der Waals surface area contributed by atoms with E-state index in [4.69, 9.17) is 5.11 Å². The van der Waals surface area contributed by atoms with E-state index in [0.717, 1.165) is 18.7 Å². The van der Waals surface area contributed by atoms with E-state index in [1.165, 1.54) is 16.2 Å². The van der Waals surface area contributed by atoms with Gasteiger partial charge in [0.15, 0.2) is 0 Å². The molecule has 0 spiro atoms. The van der Waals surface area contributed by atoms with Crippen molar-refractivity contribution in [3.8, 4) is 0 Å². The van der Waals surface area contributed by atoms with Crippen molar-refractivity contribution in [2.24, 2.45) is 0 Å². The van der Waals surface area contributed by atoms with Gasteiger partial charge in [-0.05, 0) is 37.2 Å². The number of hydrogen-bond acceptors (Lipinski definition) is 3. The molecule has 2 aliphatic heterocycles. The van der Waals surface area contributed by atoms with E-state index >= 15 is 0 Å². The number of carbonyl (C=O) groups is 1. The van der Waals surface area contributed by atoms with E-state index in [1.54, 1.807) is 7.05 Å². The number of fused-ring (bicyclic) bond motifs is 3. The number of hydrogen-bond donors (Lipinski definition) is 1. The summed E-state index contributed by atoms with van der Waals surface area (Å²) >= 11 is 0. The Kier molecular flexibility index (Phi) is 2.73. The van der Waals surface area contributed by atoms with Gasteiger partial charge < -0.3 is 10.0 Å². The first-order chi connectivity index (χ1) is 9.36. The molecule has 1 amide bonds. The molecular formula is C15H21N3O2. The first-order valence-electron chi connectivity index (χ1n) is 6.90. The van der Waals surface area contributed by atoms with Gasteiger partial charge in [0.05, 0.1) is 6.17 Å². The lowest BCUT2D eigenvalue weighted by Crippen LogP contribution is -2.45. The molecule has 0 aromatic heterocycles. The largest absolute Gasteiger partial charge is 0.465 e. The van der Waals surface area contributed by atoms with Crippen LogP contribution in [0.2, 0.25) is 0 Å². The normalized spacial score (nSPS) is 28.4. The molecule has 0 aliphatic carbocycles. The highest BCUT2D eigenvalue weighted by Crippen LogP contribution is 2.51. The first kappa shape index (κ1) is 13.2. The number of likely N-dealkylation sites (N-methyl/N-ethyl adjacent to an activating group) is 2. The molecule has 2 aliphatic rings. The summed E-state index contributed by atoms with van der Waals surface area (Å²) in [5, 5.41) is 9.14. The van der Waals surface area contributed by atoms with Gasteiger partial charge in [-0.1, -0.05) is 6.92 Å². The van der Waals surface area contributed by atoms with Crippen LogP contribution < -0.4 is 9.80 Å². The highest BCUT2D eigenvalue weighted by atomic mass is 16.4. The molecule has 108 valence electrons. The Balaban J connectivity index is 2.09. The molecule has 2 heterocycles. The minimum Gasteiger partial charge on any atom is -0.465 e. The van der Waals surface area contributed by atoms with Gasteiger partial charge in [-0.2, -0.15) is 0 Å². The van der Waals surface area contributed by atoms with E-state index in [1.807, 2.05) is 18.2 Å². The van der Waals surface area contributed by atoms with Crippen LogP contribution in [-0.2, 0) is 5.41 Å². The second-order valence-electron chi connectivity index (χ2n) is 6.18. The van der Waals surface area contributed by atoms with Crippen molar-refractivity contribution in [1.82, 2.24) is 4.90 Å². The molecule has 0 radical (unpaired) electrons. The highest BCUT2D eigenvalue weighted by Gasteiger charge is 2.52. The summed E-state index contributed by atoms with van der Waals surface area (Å²) in [6.45, 7) is 3.36. The van der Waals surface area contributed by atoms with Crippen LogP contribution in [0, 0.1) is 0 Å². The van der Waals surface area contributed by atoms with Crippen molar-refractivity contribution >= 4 is 17.5 Å². The summed E-state index contributed by atoms with van der Waals surface area (Å²) in [4.78, 5) is 17.1. The van der Waals surface area contributed by atoms with Crippen molar-refractivity contribution in [1.29, 1.82) is 0 Å². The van der Waals surface area contributed by atoms with Crippen LogP contribution in [0.15, 0.2) is 18.2 Å². The van der Waals surface area contributed by atoms with E-state index in [9.17, 15) is 4.79 Å². The summed E-state index contributed by atoms with van der Waals surface area (Å²) < 4.78 is 0. The summed E-state index contributed by atoms with van der Waals surface area (Å²) in [5.74, 6) is 0. The van der Waals surface area contributed by atoms with Gasteiger partial charge in [0.1, 0.15) is 0 Å². The molecule has 1 aromatic carbocycles. The Bertz CT molecular complexity index is 574. The zero-order valence-corrected chi connectivity index (χ0v) is 12.4. The minimum atomic E-state index is -0.929. The van der Waals surface area contributed by atoms with Gasteiger partial charge in [0.2, 0.25) is 0 Å². The van der Waals surface area contributed by atoms with E-state index in [2.05, 4.69) is 30.8 Å². The molecule has 5 heteroatoms. The third kappa shape index (κ3) is 1.56. The number of rotatable bonds is 1. The third-order valence-electron chi connectivity index (χ3n) is 4.99. The van der Waals surface area contributed by atoms with Gasteiger partial charge >= 0.3 is 6.09 Å². The SMILES string of the molecule is CN(C(=O)O)c1ccc2c(c1)C1(C)CCN(C)C1N2C. The molecule has 1 fully saturated rings. The molecule has 1 aromatic rings. The summed E-state index contributed by atoms with van der Waals surface area (Å²) in [6.07, 6.45) is 0.538. The van der Waals surface area contributed by atoms with Crippen LogP contribution in [0.3, 0.4) is 0 Å². The average Bonchev–Trinajstić information content (AvgIpc) is 2.83. The van der Waals surface area contributed by atoms with E-state index < -0.39 is 6.09 Å². The lowest BCUT2D eigenvalue weighted by atomic mass is 9.81. The zero-order valence-electron chi connectivity index (χ0n) is 12.4. The van der Waals surface area contributed by atoms with Crippen molar-refractivity contribution < 1.29 is 9.90 Å². The fourth-order valence-electron chi connectivity index (χ4n) is 3.88. The Morgan fingerprint density at radius 1 is 1.45 bits per heavy atom. The molecule has 20 heavy (non-hydrogen) atoms. The highest BCUT2D eigenvalue weighted by molar-refractivity contribution is 5.86. The molecule has 1 saturated heterocycles. The monoisotopic (exact) mass is 275 g/mol. The van der Waals surface area contributed by atoms with E-state index in [-0.39, 0.29) is 5.41 Å². The molecular weight excluding hydrogens is 254 g/mol. The smallest absolute Gasteiger partial charge is 0.411 e. The third-order valence-corrected chi connectivity index (χ3v) is 4.99. The molecule has 0 saturated carbocycles. The van der Waals surface area contributed by atoms with Gasteiger partial charge in [-0.15, -0.1) is 0 Å². The number of likely N-dealkylation sites (tertiary alicyclic amines) is 1. The second-order valence-corrected chi connectivity index (χ2v) is 6.18. The van der Waals surface area contributed by atoms with Crippen molar-refractivity contribution in [3.05, 3.63) is 23.8 Å². The van der Waals surface area contributed by atoms with Crippen LogP contribution in [-0.4, -0.2) is 50.0 Å². The topological polar surface area (TPSA) is 47.0 Å². The number of benzene rings is 1. The molecule has 1 N–H and O–H groups in total. The van der Waals surface area contributed by atoms with Gasteiger partial charge in [0, 0.05) is 37.4 Å². The minimum absolute atomic E-state index is 0.0776. The number of carboxylic acid groups (broad SMARTS) is 1. The lowest BCUT2D eigenvalue weighted by Gasteiger charge is -2.32. The van der Waals surface area contributed by atoms with Gasteiger partial charge in [0.25, 0.3) is 0 Å². The van der Waals surface area contributed by atoms with E-state index in [0.29, 0.717) is 6.17 Å². The standard InChI is InChI=1S/C15H21N3O2/c1-15-7-8-16(2)13(15)18(4)12-6-5-10(9-11(12)15)17(3)14(19)20/h5-6,9,13H,7-8H2,1-4H3,(H,19,20). The molecule has 3 rings (SSSR count). The van der Waals surface area contributed by atoms with Crippen molar-refractivity contribution in [3.63, 3.8) is 0 Å². The van der Waals surface area contributed by atoms with Crippen LogP contribution in [0.5, 0.6) is 0 Å². The van der Waals surface area contributed by atoms with Crippen molar-refractivity contribution in [2.45, 2.75) is 24.9 Å². The van der Waals surface area contributed by atoms with Gasteiger partial charge in [-0.25, -0.2) is 4.79 Å². The zero-order chi connectivity index (χ0) is 14.7. The fourth-order valence-corrected chi connectivity index (χ4v) is 3.88. The second kappa shape index (κ2) is 4.12. The average molecular weight is 275 g/mol. The number of anilines is 2.